The Hall–Kier alpha value is -4.16. The third-order valence-electron chi connectivity index (χ3n) is 6.16. The summed E-state index contributed by atoms with van der Waals surface area (Å²) in [4.78, 5) is 73.3. The summed E-state index contributed by atoms with van der Waals surface area (Å²) in [5.41, 5.74) is 12.0. The predicted octanol–water partition coefficient (Wildman–Crippen LogP) is -4.07. The number of aliphatic carboxylic acids is 1. The molecule has 5 amide bonds. The van der Waals surface area contributed by atoms with Gasteiger partial charge in [-0.3, -0.25) is 29.2 Å². The fourth-order valence-electron chi connectivity index (χ4n) is 3.76. The summed E-state index contributed by atoms with van der Waals surface area (Å²) >= 11 is 0. The van der Waals surface area contributed by atoms with Gasteiger partial charge in [-0.2, -0.15) is 0 Å². The number of amides is 5. The summed E-state index contributed by atoms with van der Waals surface area (Å²) in [6.45, 7) is -0.514. The number of carbonyl (C=O) groups is 6. The predicted molar refractivity (Wildman–Crippen MR) is 150 cm³/mol. The molecule has 0 aliphatic carbocycles. The molecule has 1 rings (SSSR count). The number of carbonyl (C=O) groups excluding carboxylic acids is 5. The summed E-state index contributed by atoms with van der Waals surface area (Å²) in [5.74, 6) is -5.82. The maximum Gasteiger partial charge on any atom is 0.335 e. The fraction of sp³-hybridized carbons (Fsp3) is 0.538. The lowest BCUT2D eigenvalue weighted by atomic mass is 10.0. The second-order valence-corrected chi connectivity index (χ2v) is 9.57. The maximum atomic E-state index is 12.9. The zero-order chi connectivity index (χ0) is 32.4. The van der Waals surface area contributed by atoms with E-state index < -0.39 is 66.5 Å². The van der Waals surface area contributed by atoms with Crippen LogP contribution in [0, 0.1) is 0 Å². The Bertz CT molecular complexity index is 1060. The zero-order valence-corrected chi connectivity index (χ0v) is 23.6. The summed E-state index contributed by atoms with van der Waals surface area (Å²) < 4.78 is 0. The van der Waals surface area contributed by atoms with Crippen LogP contribution in [-0.2, 0) is 35.2 Å². The summed E-state index contributed by atoms with van der Waals surface area (Å²) in [6.07, 6.45) is -1.04. The monoisotopic (exact) mass is 611 g/mol. The van der Waals surface area contributed by atoms with Crippen molar-refractivity contribution in [3.05, 3.63) is 35.9 Å². The molecule has 0 saturated heterocycles. The van der Waals surface area contributed by atoms with Crippen molar-refractivity contribution in [1.82, 2.24) is 26.3 Å². The second-order valence-electron chi connectivity index (χ2n) is 9.57. The second kappa shape index (κ2) is 19.9. The van der Waals surface area contributed by atoms with E-state index in [2.05, 4.69) is 21.3 Å². The first-order valence-electron chi connectivity index (χ1n) is 13.6. The van der Waals surface area contributed by atoms with Gasteiger partial charge in [0.25, 0.3) is 0 Å². The van der Waals surface area contributed by atoms with Gasteiger partial charge in [0.2, 0.25) is 30.0 Å². The van der Waals surface area contributed by atoms with E-state index in [1.807, 2.05) is 0 Å². The Morgan fingerprint density at radius 1 is 0.907 bits per heavy atom. The number of carboxylic acids is 1. The Kier molecular flexibility index (Phi) is 17.0. The zero-order valence-electron chi connectivity index (χ0n) is 23.6. The molecule has 0 bridgehead atoms. The lowest BCUT2D eigenvalue weighted by Crippen LogP contribution is -2.62. The maximum absolute atomic E-state index is 12.9. The normalized spacial score (nSPS) is 14.3. The van der Waals surface area contributed by atoms with Crippen molar-refractivity contribution >= 4 is 36.0 Å². The number of unbranched alkanes of at least 4 members (excludes halogenated alkanes) is 1. The van der Waals surface area contributed by atoms with Crippen LogP contribution >= 0.6 is 0 Å². The molecular weight excluding hydrogens is 570 g/mol. The van der Waals surface area contributed by atoms with Crippen molar-refractivity contribution in [3.63, 3.8) is 0 Å². The Labute approximate surface area is 247 Å². The molecule has 1 aromatic rings. The number of hydroxylamine groups is 2. The Morgan fingerprint density at radius 3 is 2.14 bits per heavy atom. The van der Waals surface area contributed by atoms with Crippen LogP contribution in [0.3, 0.4) is 0 Å². The Morgan fingerprint density at radius 2 is 1.56 bits per heavy atom. The van der Waals surface area contributed by atoms with Gasteiger partial charge in [0.05, 0.1) is 12.6 Å². The van der Waals surface area contributed by atoms with E-state index in [4.69, 9.17) is 11.5 Å². The number of nitrogens with zero attached hydrogens (tertiary/aromatic N) is 1. The lowest BCUT2D eigenvalue weighted by molar-refractivity contribution is -0.152. The van der Waals surface area contributed by atoms with Gasteiger partial charge in [0.1, 0.15) is 18.1 Å². The van der Waals surface area contributed by atoms with Crippen molar-refractivity contribution < 1.29 is 49.3 Å². The van der Waals surface area contributed by atoms with Crippen LogP contribution in [0.15, 0.2) is 30.3 Å². The third-order valence-corrected chi connectivity index (χ3v) is 6.16. The number of aliphatic hydroxyl groups is 2. The van der Waals surface area contributed by atoms with Crippen molar-refractivity contribution in [1.29, 1.82) is 0 Å². The summed E-state index contributed by atoms with van der Waals surface area (Å²) in [6, 6.07) is 2.30. The van der Waals surface area contributed by atoms with Crippen LogP contribution in [0.5, 0.6) is 0 Å². The first-order valence-corrected chi connectivity index (χ1v) is 13.6. The first-order chi connectivity index (χ1) is 20.4. The fourth-order valence-corrected chi connectivity index (χ4v) is 3.76. The molecule has 1 aromatic carbocycles. The lowest BCUT2D eigenvalue weighted by Gasteiger charge is -2.26. The molecule has 0 spiro atoms. The minimum absolute atomic E-state index is 0.0302. The van der Waals surface area contributed by atoms with Gasteiger partial charge < -0.3 is 48.1 Å². The quantitative estimate of drug-likeness (QED) is 0.0275. The molecule has 43 heavy (non-hydrogen) atoms. The number of benzene rings is 1. The molecule has 0 aliphatic heterocycles. The molecule has 0 aliphatic rings. The van der Waals surface area contributed by atoms with E-state index in [9.17, 15) is 49.3 Å². The van der Waals surface area contributed by atoms with Crippen molar-refractivity contribution in [2.45, 2.75) is 62.4 Å². The number of carboxylic acid groups (broad SMARTS) is 1. The molecule has 12 N–H and O–H groups in total. The van der Waals surface area contributed by atoms with Crippen LogP contribution in [0.2, 0.25) is 0 Å². The van der Waals surface area contributed by atoms with E-state index >= 15 is 0 Å². The number of aliphatic hydroxyl groups excluding tert-OH is 2. The van der Waals surface area contributed by atoms with E-state index in [-0.39, 0.29) is 38.8 Å². The van der Waals surface area contributed by atoms with Gasteiger partial charge in [-0.15, -0.1) is 0 Å². The van der Waals surface area contributed by atoms with E-state index in [1.165, 1.54) is 0 Å². The molecule has 5 unspecified atom stereocenters. The average Bonchev–Trinajstić information content (AvgIpc) is 2.99. The Balaban J connectivity index is 2.97. The van der Waals surface area contributed by atoms with Crippen LogP contribution in [0.25, 0.3) is 0 Å². The molecule has 17 heteroatoms. The number of nitrogens with two attached hydrogens (primary N) is 2. The highest BCUT2D eigenvalue weighted by molar-refractivity contribution is 5.97. The third kappa shape index (κ3) is 13.6. The van der Waals surface area contributed by atoms with Gasteiger partial charge in [-0.25, -0.2) is 9.86 Å². The van der Waals surface area contributed by atoms with Gasteiger partial charge in [-0.05, 0) is 44.2 Å². The topological polar surface area (TPSA) is 287 Å². The number of hydrogen-bond acceptors (Lipinski definition) is 11. The number of rotatable bonds is 21. The highest BCUT2D eigenvalue weighted by atomic mass is 16.5. The van der Waals surface area contributed by atoms with E-state index in [1.54, 1.807) is 30.3 Å². The van der Waals surface area contributed by atoms with Gasteiger partial charge in [-0.1, -0.05) is 30.3 Å². The van der Waals surface area contributed by atoms with Gasteiger partial charge in [0, 0.05) is 13.1 Å². The van der Waals surface area contributed by atoms with E-state index in [0.29, 0.717) is 30.0 Å². The molecular formula is C26H41N7O10. The van der Waals surface area contributed by atoms with Crippen molar-refractivity contribution in [2.24, 2.45) is 11.5 Å². The standard InChI is InChI=1S/C26H41N7O10/c27-10-4-5-11-29-23(38)18(9-6-12-33(43)15-35)30-24(39)19(14-34)31-25(40)20(21(36)26(41)42)32-22(37)17(28)13-16-7-2-1-3-8-16/h1-3,7-8,15,17-21,34,36,43H,4-6,9-14,27-28H2,(H,29,38)(H,30,39)(H,31,40)(H,32,37)(H,41,42). The molecule has 0 saturated carbocycles. The average molecular weight is 612 g/mol. The molecule has 5 atom stereocenters. The van der Waals surface area contributed by atoms with Crippen LogP contribution in [0.1, 0.15) is 31.2 Å². The number of hydrogen-bond donors (Lipinski definition) is 10. The van der Waals surface area contributed by atoms with Gasteiger partial charge in [0.15, 0.2) is 6.10 Å². The SMILES string of the molecule is NCCCCNC(=O)C(CCCN(O)C=O)NC(=O)C(CO)NC(=O)C(NC(=O)C(N)Cc1ccccc1)C(O)C(=O)O. The molecule has 0 radical (unpaired) electrons. The largest absolute Gasteiger partial charge is 0.479 e. The van der Waals surface area contributed by atoms with E-state index in [0.717, 1.165) is 0 Å². The van der Waals surface area contributed by atoms with Crippen LogP contribution in [-0.4, -0.2) is 118 Å². The molecule has 240 valence electrons. The van der Waals surface area contributed by atoms with Gasteiger partial charge >= 0.3 is 5.97 Å². The van der Waals surface area contributed by atoms with Crippen molar-refractivity contribution in [2.75, 3.05) is 26.2 Å². The molecule has 0 aromatic heterocycles. The highest BCUT2D eigenvalue weighted by Crippen LogP contribution is 2.05. The minimum atomic E-state index is -2.44. The van der Waals surface area contributed by atoms with Crippen molar-refractivity contribution in [3.8, 4) is 0 Å². The highest BCUT2D eigenvalue weighted by Gasteiger charge is 2.37. The number of nitrogens with one attached hydrogen (secondary N) is 4. The molecule has 0 heterocycles. The minimum Gasteiger partial charge on any atom is -0.479 e. The summed E-state index contributed by atoms with van der Waals surface area (Å²) in [7, 11) is 0. The smallest absolute Gasteiger partial charge is 0.335 e. The first kappa shape index (κ1) is 36.9. The summed E-state index contributed by atoms with van der Waals surface area (Å²) in [5, 5.41) is 47.9. The molecule has 0 fully saturated rings. The van der Waals surface area contributed by atoms with Crippen LogP contribution in [0.4, 0.5) is 0 Å². The molecule has 17 nitrogen and oxygen atoms in total. The van der Waals surface area contributed by atoms with Crippen LogP contribution < -0.4 is 32.7 Å².